The molecule has 0 saturated heterocycles. The van der Waals surface area contributed by atoms with Gasteiger partial charge in [0.2, 0.25) is 5.91 Å². The Labute approximate surface area is 199 Å². The maximum atomic E-state index is 13.6. The highest BCUT2D eigenvalue weighted by Crippen LogP contribution is 2.40. The van der Waals surface area contributed by atoms with Gasteiger partial charge >= 0.3 is 0 Å². The molecule has 1 aliphatic heterocycles. The van der Waals surface area contributed by atoms with Crippen molar-refractivity contribution >= 4 is 17.4 Å². The van der Waals surface area contributed by atoms with Gasteiger partial charge in [0.25, 0.3) is 0 Å². The van der Waals surface area contributed by atoms with Crippen LogP contribution in [0.15, 0.2) is 42.5 Å². The van der Waals surface area contributed by atoms with E-state index in [1.807, 2.05) is 32.9 Å². The van der Waals surface area contributed by atoms with Crippen molar-refractivity contribution in [3.8, 4) is 17.3 Å². The fourth-order valence-corrected chi connectivity index (χ4v) is 4.38. The molecule has 1 aliphatic rings. The highest BCUT2D eigenvalue weighted by molar-refractivity contribution is 5.86. The molecule has 0 fully saturated rings. The summed E-state index contributed by atoms with van der Waals surface area (Å²) in [6.45, 7) is 10.2. The monoisotopic (exact) mass is 460 g/mol. The molecule has 0 atom stereocenters. The molecule has 0 bridgehead atoms. The summed E-state index contributed by atoms with van der Waals surface area (Å²) in [6.07, 6.45) is 0. The van der Waals surface area contributed by atoms with Crippen molar-refractivity contribution in [2.24, 2.45) is 5.73 Å². The second kappa shape index (κ2) is 8.26. The standard InChI is InChI=1S/C26H29FN6O/c1-16-14-20(11-8-18(16)15-28)30-22-21(17-6-9-19(27)10-7-17)31-23-26(4,5)33(13-12-32(22)23)24(34)25(2,3)29/h6-11,14,30H,12-13,29H2,1-5H3. The Morgan fingerprint density at radius 3 is 2.47 bits per heavy atom. The Morgan fingerprint density at radius 1 is 1.21 bits per heavy atom. The molecule has 1 amide bonds. The number of halogens is 1. The Kier molecular flexibility index (Phi) is 5.70. The third-order valence-corrected chi connectivity index (χ3v) is 6.26. The summed E-state index contributed by atoms with van der Waals surface area (Å²) in [6, 6.07) is 13.9. The van der Waals surface area contributed by atoms with Gasteiger partial charge in [-0.2, -0.15) is 5.26 Å². The van der Waals surface area contributed by atoms with Crippen LogP contribution in [0.2, 0.25) is 0 Å². The zero-order chi connectivity index (χ0) is 24.8. The summed E-state index contributed by atoms with van der Waals surface area (Å²) in [5, 5.41) is 12.7. The van der Waals surface area contributed by atoms with Crippen molar-refractivity contribution in [2.75, 3.05) is 11.9 Å². The van der Waals surface area contributed by atoms with Gasteiger partial charge in [0.15, 0.2) is 0 Å². The first-order chi connectivity index (χ1) is 15.9. The molecular weight excluding hydrogens is 431 g/mol. The van der Waals surface area contributed by atoms with Gasteiger partial charge in [-0.25, -0.2) is 9.37 Å². The smallest absolute Gasteiger partial charge is 0.242 e. The number of fused-ring (bicyclic) bond motifs is 1. The molecule has 2 heterocycles. The normalized spacial score (nSPS) is 14.9. The Morgan fingerprint density at radius 2 is 1.88 bits per heavy atom. The highest BCUT2D eigenvalue weighted by atomic mass is 19.1. The van der Waals surface area contributed by atoms with Gasteiger partial charge in [-0.1, -0.05) is 0 Å². The average Bonchev–Trinajstić information content (AvgIpc) is 3.13. The quantitative estimate of drug-likeness (QED) is 0.600. The summed E-state index contributed by atoms with van der Waals surface area (Å²) in [4.78, 5) is 19.9. The second-order valence-electron chi connectivity index (χ2n) is 9.80. The predicted octanol–water partition coefficient (Wildman–Crippen LogP) is 4.43. The molecular formula is C26H29FN6O. The van der Waals surface area contributed by atoms with E-state index in [0.717, 1.165) is 22.6 Å². The molecule has 2 aromatic carbocycles. The first-order valence-electron chi connectivity index (χ1n) is 11.2. The largest absolute Gasteiger partial charge is 0.340 e. The van der Waals surface area contributed by atoms with E-state index in [2.05, 4.69) is 16.0 Å². The van der Waals surface area contributed by atoms with Crippen LogP contribution in [-0.2, 0) is 16.9 Å². The van der Waals surface area contributed by atoms with Crippen molar-refractivity contribution in [3.63, 3.8) is 0 Å². The van der Waals surface area contributed by atoms with E-state index >= 15 is 0 Å². The lowest BCUT2D eigenvalue weighted by Gasteiger charge is -2.44. The fourth-order valence-electron chi connectivity index (χ4n) is 4.38. The van der Waals surface area contributed by atoms with Gasteiger partial charge < -0.3 is 20.5 Å². The first-order valence-corrected chi connectivity index (χ1v) is 11.2. The number of amides is 1. The fraction of sp³-hybridized carbons (Fsp3) is 0.346. The van der Waals surface area contributed by atoms with Crippen molar-refractivity contribution in [3.05, 3.63) is 65.2 Å². The molecule has 3 N–H and O–H groups in total. The van der Waals surface area contributed by atoms with Crippen LogP contribution < -0.4 is 11.1 Å². The minimum Gasteiger partial charge on any atom is -0.340 e. The van der Waals surface area contributed by atoms with E-state index in [1.165, 1.54) is 12.1 Å². The third-order valence-electron chi connectivity index (χ3n) is 6.26. The van der Waals surface area contributed by atoms with Crippen LogP contribution in [0.1, 0.15) is 44.6 Å². The zero-order valence-electron chi connectivity index (χ0n) is 20.1. The Bertz CT molecular complexity index is 1290. The van der Waals surface area contributed by atoms with Gasteiger partial charge in [-0.15, -0.1) is 0 Å². The number of carbonyl (C=O) groups excluding carboxylic acids is 1. The number of nitrogens with two attached hydrogens (primary N) is 1. The molecule has 34 heavy (non-hydrogen) atoms. The molecule has 4 rings (SSSR count). The van der Waals surface area contributed by atoms with Crippen LogP contribution in [0.3, 0.4) is 0 Å². The highest BCUT2D eigenvalue weighted by Gasteiger charge is 2.44. The van der Waals surface area contributed by atoms with Gasteiger partial charge in [0.05, 0.1) is 22.7 Å². The molecule has 7 nitrogen and oxygen atoms in total. The molecule has 0 radical (unpaired) electrons. The number of nitrogens with zero attached hydrogens (tertiary/aromatic N) is 4. The molecule has 1 aromatic heterocycles. The number of carbonyl (C=O) groups is 1. The number of benzene rings is 2. The summed E-state index contributed by atoms with van der Waals surface area (Å²) >= 11 is 0. The lowest BCUT2D eigenvalue weighted by atomic mass is 9.94. The number of nitrogens with one attached hydrogen (secondary N) is 1. The SMILES string of the molecule is Cc1cc(Nc2c(-c3ccc(F)cc3)nc3n2CCN(C(=O)C(C)(C)N)C3(C)C)ccc1C#N. The first kappa shape index (κ1) is 23.5. The summed E-state index contributed by atoms with van der Waals surface area (Å²) in [5.74, 6) is 0.987. The van der Waals surface area contributed by atoms with E-state index < -0.39 is 11.1 Å². The van der Waals surface area contributed by atoms with Gasteiger partial charge in [-0.3, -0.25) is 4.79 Å². The maximum Gasteiger partial charge on any atom is 0.242 e. The van der Waals surface area contributed by atoms with Crippen LogP contribution in [0.4, 0.5) is 15.9 Å². The average molecular weight is 461 g/mol. The van der Waals surface area contributed by atoms with E-state index in [1.54, 1.807) is 36.9 Å². The maximum absolute atomic E-state index is 13.6. The zero-order valence-corrected chi connectivity index (χ0v) is 20.1. The van der Waals surface area contributed by atoms with E-state index in [4.69, 9.17) is 10.7 Å². The molecule has 3 aromatic rings. The van der Waals surface area contributed by atoms with E-state index in [0.29, 0.717) is 30.2 Å². The van der Waals surface area contributed by atoms with Gasteiger partial charge in [-0.05, 0) is 82.6 Å². The van der Waals surface area contributed by atoms with Crippen LogP contribution >= 0.6 is 0 Å². The molecule has 8 heteroatoms. The molecule has 0 spiro atoms. The van der Waals surface area contributed by atoms with Crippen LogP contribution in [-0.4, -0.2) is 32.4 Å². The number of nitriles is 1. The van der Waals surface area contributed by atoms with Crippen molar-refractivity contribution in [1.29, 1.82) is 5.26 Å². The Hall–Kier alpha value is -3.70. The minimum atomic E-state index is -1.01. The van der Waals surface area contributed by atoms with Crippen molar-refractivity contribution < 1.29 is 9.18 Å². The predicted molar refractivity (Wildman–Crippen MR) is 130 cm³/mol. The van der Waals surface area contributed by atoms with E-state index in [9.17, 15) is 14.4 Å². The molecule has 176 valence electrons. The number of rotatable bonds is 4. The van der Waals surface area contributed by atoms with Crippen molar-refractivity contribution in [2.45, 2.75) is 52.2 Å². The number of imidazole rings is 1. The summed E-state index contributed by atoms with van der Waals surface area (Å²) in [5.41, 5.74) is 8.10. The number of anilines is 2. The minimum absolute atomic E-state index is 0.146. The topological polar surface area (TPSA) is 100.0 Å². The van der Waals surface area contributed by atoms with Crippen LogP contribution in [0.25, 0.3) is 11.3 Å². The number of aromatic nitrogens is 2. The lowest BCUT2D eigenvalue weighted by molar-refractivity contribution is -0.143. The third kappa shape index (κ3) is 4.03. The number of hydrogen-bond acceptors (Lipinski definition) is 5. The molecule has 0 unspecified atom stereocenters. The Balaban J connectivity index is 1.85. The van der Waals surface area contributed by atoms with Crippen LogP contribution in [0, 0.1) is 24.1 Å². The summed E-state index contributed by atoms with van der Waals surface area (Å²) in [7, 11) is 0. The lowest BCUT2D eigenvalue weighted by Crippen LogP contribution is -2.60. The number of aryl methyl sites for hydroxylation is 1. The van der Waals surface area contributed by atoms with Crippen molar-refractivity contribution in [1.82, 2.24) is 14.5 Å². The van der Waals surface area contributed by atoms with Gasteiger partial charge in [0, 0.05) is 24.3 Å². The van der Waals surface area contributed by atoms with E-state index in [-0.39, 0.29) is 11.7 Å². The van der Waals surface area contributed by atoms with Crippen LogP contribution in [0.5, 0.6) is 0 Å². The molecule has 0 aliphatic carbocycles. The number of hydrogen-bond donors (Lipinski definition) is 2. The summed E-state index contributed by atoms with van der Waals surface area (Å²) < 4.78 is 15.7. The second-order valence-corrected chi connectivity index (χ2v) is 9.80. The molecule has 0 saturated carbocycles. The van der Waals surface area contributed by atoms with Gasteiger partial charge in [0.1, 0.15) is 23.2 Å².